The van der Waals surface area contributed by atoms with Crippen LogP contribution in [-0.4, -0.2) is 17.1 Å². The monoisotopic (exact) mass is 267 g/mol. The fourth-order valence-corrected chi connectivity index (χ4v) is 2.75. The van der Waals surface area contributed by atoms with Gasteiger partial charge in [-0.1, -0.05) is 54.6 Å². The van der Waals surface area contributed by atoms with Gasteiger partial charge in [0.25, 0.3) is 0 Å². The van der Waals surface area contributed by atoms with Crippen LogP contribution in [0.5, 0.6) is 0 Å². The van der Waals surface area contributed by atoms with Gasteiger partial charge in [0.1, 0.15) is 0 Å². The molecule has 3 heteroatoms. The van der Waals surface area contributed by atoms with Gasteiger partial charge in [0.15, 0.2) is 0 Å². The maximum atomic E-state index is 12.1. The molecule has 20 heavy (non-hydrogen) atoms. The quantitative estimate of drug-likeness (QED) is 0.893. The molecule has 1 aliphatic rings. The Morgan fingerprint density at radius 3 is 2.60 bits per heavy atom. The average molecular weight is 267 g/mol. The van der Waals surface area contributed by atoms with Crippen LogP contribution in [0.2, 0.25) is 0 Å². The van der Waals surface area contributed by atoms with E-state index in [9.17, 15) is 9.90 Å². The Balaban J connectivity index is 1.70. The fourth-order valence-electron chi connectivity index (χ4n) is 2.75. The van der Waals surface area contributed by atoms with Crippen molar-refractivity contribution in [2.24, 2.45) is 0 Å². The Kier molecular flexibility index (Phi) is 3.52. The van der Waals surface area contributed by atoms with Crippen LogP contribution in [0, 0.1) is 0 Å². The highest BCUT2D eigenvalue weighted by atomic mass is 16.3. The normalized spacial score (nSPS) is 20.4. The summed E-state index contributed by atoms with van der Waals surface area (Å²) in [4.78, 5) is 12.1. The topological polar surface area (TPSA) is 49.3 Å². The van der Waals surface area contributed by atoms with Gasteiger partial charge in [-0.3, -0.25) is 4.79 Å². The molecule has 0 saturated heterocycles. The third kappa shape index (κ3) is 2.58. The van der Waals surface area contributed by atoms with Crippen molar-refractivity contribution in [3.8, 4) is 0 Å². The van der Waals surface area contributed by atoms with E-state index in [1.807, 2.05) is 54.6 Å². The molecular weight excluding hydrogens is 250 g/mol. The molecule has 0 bridgehead atoms. The molecule has 3 nitrogen and oxygen atoms in total. The molecule has 0 aromatic heterocycles. The van der Waals surface area contributed by atoms with E-state index in [2.05, 4.69) is 5.32 Å². The Morgan fingerprint density at radius 2 is 1.80 bits per heavy atom. The zero-order valence-corrected chi connectivity index (χ0v) is 11.1. The largest absolute Gasteiger partial charge is 0.390 e. The second-order valence-electron chi connectivity index (χ2n) is 5.18. The molecule has 2 atom stereocenters. The lowest BCUT2D eigenvalue weighted by Crippen LogP contribution is -2.34. The first-order chi connectivity index (χ1) is 9.74. The summed E-state index contributed by atoms with van der Waals surface area (Å²) in [6, 6.07) is 17.2. The Bertz CT molecular complexity index is 609. The predicted octanol–water partition coefficient (Wildman–Crippen LogP) is 2.00. The molecule has 0 radical (unpaired) electrons. The number of benzene rings is 2. The highest BCUT2D eigenvalue weighted by molar-refractivity contribution is 5.79. The minimum atomic E-state index is -0.535. The Hall–Kier alpha value is -2.13. The van der Waals surface area contributed by atoms with Crippen molar-refractivity contribution >= 4 is 5.91 Å². The summed E-state index contributed by atoms with van der Waals surface area (Å²) in [5, 5.41) is 13.1. The molecule has 0 fully saturated rings. The molecule has 3 rings (SSSR count). The molecule has 1 amide bonds. The van der Waals surface area contributed by atoms with Gasteiger partial charge in [0, 0.05) is 6.42 Å². The first-order valence-corrected chi connectivity index (χ1v) is 6.83. The van der Waals surface area contributed by atoms with Crippen molar-refractivity contribution in [3.63, 3.8) is 0 Å². The van der Waals surface area contributed by atoms with E-state index in [0.29, 0.717) is 12.8 Å². The second kappa shape index (κ2) is 5.47. The van der Waals surface area contributed by atoms with Crippen LogP contribution in [0.3, 0.4) is 0 Å². The summed E-state index contributed by atoms with van der Waals surface area (Å²) >= 11 is 0. The molecule has 0 aliphatic heterocycles. The molecule has 0 saturated carbocycles. The molecule has 2 aromatic rings. The van der Waals surface area contributed by atoms with Crippen LogP contribution in [0.4, 0.5) is 0 Å². The van der Waals surface area contributed by atoms with Crippen LogP contribution < -0.4 is 5.32 Å². The van der Waals surface area contributed by atoms with Gasteiger partial charge in [0.2, 0.25) is 5.91 Å². The van der Waals surface area contributed by atoms with Gasteiger partial charge in [-0.25, -0.2) is 0 Å². The Labute approximate surface area is 118 Å². The summed E-state index contributed by atoms with van der Waals surface area (Å²) in [7, 11) is 0. The summed E-state index contributed by atoms with van der Waals surface area (Å²) in [5.41, 5.74) is 3.12. The fraction of sp³-hybridized carbons (Fsp3) is 0.235. The first kappa shape index (κ1) is 12.9. The zero-order valence-electron chi connectivity index (χ0n) is 11.1. The van der Waals surface area contributed by atoms with Crippen LogP contribution in [0.25, 0.3) is 0 Å². The van der Waals surface area contributed by atoms with Gasteiger partial charge < -0.3 is 10.4 Å². The van der Waals surface area contributed by atoms with Crippen molar-refractivity contribution in [2.75, 3.05) is 0 Å². The number of fused-ring (bicyclic) bond motifs is 1. The van der Waals surface area contributed by atoms with Crippen molar-refractivity contribution in [1.82, 2.24) is 5.32 Å². The van der Waals surface area contributed by atoms with Crippen LogP contribution in [0.15, 0.2) is 54.6 Å². The van der Waals surface area contributed by atoms with E-state index >= 15 is 0 Å². The molecular formula is C17H17NO2. The van der Waals surface area contributed by atoms with E-state index in [-0.39, 0.29) is 11.9 Å². The van der Waals surface area contributed by atoms with E-state index < -0.39 is 6.10 Å². The third-order valence-corrected chi connectivity index (χ3v) is 3.73. The second-order valence-corrected chi connectivity index (χ2v) is 5.18. The van der Waals surface area contributed by atoms with E-state index in [1.54, 1.807) is 0 Å². The van der Waals surface area contributed by atoms with Crippen molar-refractivity contribution < 1.29 is 9.90 Å². The number of hydrogen-bond donors (Lipinski definition) is 2. The zero-order chi connectivity index (χ0) is 13.9. The number of nitrogens with one attached hydrogen (secondary N) is 1. The first-order valence-electron chi connectivity index (χ1n) is 6.83. The number of amides is 1. The number of hydrogen-bond acceptors (Lipinski definition) is 2. The molecule has 2 N–H and O–H groups in total. The lowest BCUT2D eigenvalue weighted by atomic mass is 10.1. The van der Waals surface area contributed by atoms with Gasteiger partial charge in [0.05, 0.1) is 18.6 Å². The van der Waals surface area contributed by atoms with Crippen molar-refractivity contribution in [3.05, 3.63) is 71.3 Å². The highest BCUT2D eigenvalue weighted by Crippen LogP contribution is 2.31. The molecule has 2 aromatic carbocycles. The van der Waals surface area contributed by atoms with Crippen LogP contribution in [-0.2, 0) is 17.6 Å². The third-order valence-electron chi connectivity index (χ3n) is 3.73. The van der Waals surface area contributed by atoms with E-state index in [0.717, 1.165) is 16.7 Å². The van der Waals surface area contributed by atoms with Gasteiger partial charge in [-0.15, -0.1) is 0 Å². The lowest BCUT2D eigenvalue weighted by molar-refractivity contribution is -0.121. The van der Waals surface area contributed by atoms with Crippen molar-refractivity contribution in [1.29, 1.82) is 0 Å². The Morgan fingerprint density at radius 1 is 1.10 bits per heavy atom. The standard InChI is InChI=1S/C17H17NO2/c19-15-11-13-8-4-5-9-14(13)17(15)18-16(20)10-12-6-2-1-3-7-12/h1-9,15,17,19H,10-11H2,(H,18,20). The number of aliphatic hydroxyl groups excluding tert-OH is 1. The molecule has 102 valence electrons. The maximum Gasteiger partial charge on any atom is 0.224 e. The van der Waals surface area contributed by atoms with Crippen LogP contribution in [0.1, 0.15) is 22.7 Å². The average Bonchev–Trinajstić information content (AvgIpc) is 2.76. The highest BCUT2D eigenvalue weighted by Gasteiger charge is 2.31. The number of carbonyl (C=O) groups is 1. The van der Waals surface area contributed by atoms with E-state index in [1.165, 1.54) is 0 Å². The summed E-state index contributed by atoms with van der Waals surface area (Å²) in [6.45, 7) is 0. The summed E-state index contributed by atoms with van der Waals surface area (Å²) < 4.78 is 0. The maximum absolute atomic E-state index is 12.1. The van der Waals surface area contributed by atoms with Gasteiger partial charge in [-0.2, -0.15) is 0 Å². The summed E-state index contributed by atoms with van der Waals surface area (Å²) in [5.74, 6) is -0.0584. The number of aliphatic hydroxyl groups is 1. The lowest BCUT2D eigenvalue weighted by Gasteiger charge is -2.18. The molecule has 0 spiro atoms. The molecule has 1 aliphatic carbocycles. The van der Waals surface area contributed by atoms with Crippen LogP contribution >= 0.6 is 0 Å². The van der Waals surface area contributed by atoms with Gasteiger partial charge in [-0.05, 0) is 16.7 Å². The van der Waals surface area contributed by atoms with Crippen molar-refractivity contribution in [2.45, 2.75) is 25.0 Å². The number of rotatable bonds is 3. The number of carbonyl (C=O) groups excluding carboxylic acids is 1. The summed E-state index contributed by atoms with van der Waals surface area (Å²) in [6.07, 6.45) is 0.408. The smallest absolute Gasteiger partial charge is 0.224 e. The SMILES string of the molecule is O=C(Cc1ccccc1)NC1c2ccccc2CC1O. The van der Waals surface area contributed by atoms with Gasteiger partial charge >= 0.3 is 0 Å². The molecule has 0 heterocycles. The predicted molar refractivity (Wildman–Crippen MR) is 77.2 cm³/mol. The van der Waals surface area contributed by atoms with E-state index in [4.69, 9.17) is 0 Å². The minimum absolute atomic E-state index is 0.0584. The molecule has 2 unspecified atom stereocenters. The minimum Gasteiger partial charge on any atom is -0.390 e.